The van der Waals surface area contributed by atoms with E-state index < -0.39 is 0 Å². The van der Waals surface area contributed by atoms with Crippen LogP contribution in [0.2, 0.25) is 0 Å². The average molecular weight is 240 g/mol. The van der Waals surface area contributed by atoms with Gasteiger partial charge in [-0.15, -0.1) is 0 Å². The Hall–Kier alpha value is -0.0800. The normalized spacial score (nSPS) is 24.5. The summed E-state index contributed by atoms with van der Waals surface area (Å²) in [4.78, 5) is 2.71. The molecule has 1 aliphatic heterocycles. The average Bonchev–Trinajstić information content (AvgIpc) is 2.63. The first-order valence-electron chi connectivity index (χ1n) is 7.32. The van der Waals surface area contributed by atoms with Crippen molar-refractivity contribution in [2.75, 3.05) is 19.6 Å². The van der Waals surface area contributed by atoms with Crippen LogP contribution in [0, 0.1) is 11.8 Å². The van der Waals surface area contributed by atoms with E-state index in [2.05, 4.69) is 51.8 Å². The number of nitrogens with one attached hydrogen (secondary N) is 1. The molecule has 2 atom stereocenters. The van der Waals surface area contributed by atoms with E-state index in [1.807, 2.05) is 0 Å². The van der Waals surface area contributed by atoms with Gasteiger partial charge in [-0.2, -0.15) is 0 Å². The van der Waals surface area contributed by atoms with Crippen molar-refractivity contribution in [1.82, 2.24) is 10.2 Å². The molecule has 17 heavy (non-hydrogen) atoms. The monoisotopic (exact) mass is 240 g/mol. The Balaban J connectivity index is 2.36. The lowest BCUT2D eigenvalue weighted by atomic mass is 10.0. The van der Waals surface area contributed by atoms with E-state index in [0.717, 1.165) is 17.9 Å². The van der Waals surface area contributed by atoms with Crippen LogP contribution >= 0.6 is 0 Å². The molecule has 0 aromatic heterocycles. The van der Waals surface area contributed by atoms with Gasteiger partial charge in [-0.3, -0.25) is 4.90 Å². The second-order valence-electron chi connectivity index (χ2n) is 7.00. The zero-order valence-corrected chi connectivity index (χ0v) is 12.7. The van der Waals surface area contributed by atoms with Gasteiger partial charge in [-0.05, 0) is 58.5 Å². The predicted octanol–water partition coefficient (Wildman–Crippen LogP) is 3.13. The summed E-state index contributed by atoms with van der Waals surface area (Å²) >= 11 is 0. The van der Waals surface area contributed by atoms with Crippen molar-refractivity contribution in [2.45, 2.75) is 66.0 Å². The van der Waals surface area contributed by atoms with Crippen molar-refractivity contribution in [3.8, 4) is 0 Å². The second kappa shape index (κ2) is 6.19. The van der Waals surface area contributed by atoms with Crippen LogP contribution in [0.3, 0.4) is 0 Å². The molecule has 0 saturated carbocycles. The molecule has 0 aromatic rings. The van der Waals surface area contributed by atoms with E-state index in [9.17, 15) is 0 Å². The molecule has 102 valence electrons. The molecule has 0 aromatic carbocycles. The molecule has 1 N–H and O–H groups in total. The summed E-state index contributed by atoms with van der Waals surface area (Å²) in [6.07, 6.45) is 2.66. The van der Waals surface area contributed by atoms with Crippen LogP contribution in [0.15, 0.2) is 0 Å². The molecular formula is C15H32N2. The summed E-state index contributed by atoms with van der Waals surface area (Å²) < 4.78 is 0. The van der Waals surface area contributed by atoms with E-state index in [1.54, 1.807) is 0 Å². The highest BCUT2D eigenvalue weighted by atomic mass is 15.2. The minimum atomic E-state index is 0.260. The Morgan fingerprint density at radius 3 is 2.41 bits per heavy atom. The third kappa shape index (κ3) is 4.97. The Labute approximate surface area is 108 Å². The van der Waals surface area contributed by atoms with Crippen LogP contribution in [0.25, 0.3) is 0 Å². The summed E-state index contributed by atoms with van der Waals surface area (Å²) in [5.74, 6) is 1.64. The lowest BCUT2D eigenvalue weighted by Crippen LogP contribution is -2.41. The van der Waals surface area contributed by atoms with E-state index in [4.69, 9.17) is 0 Å². The molecule has 2 nitrogen and oxygen atoms in total. The van der Waals surface area contributed by atoms with Crippen LogP contribution in [0.4, 0.5) is 0 Å². The lowest BCUT2D eigenvalue weighted by Gasteiger charge is -2.30. The molecule has 1 aliphatic rings. The maximum atomic E-state index is 3.64. The van der Waals surface area contributed by atoms with Gasteiger partial charge in [0.25, 0.3) is 0 Å². The van der Waals surface area contributed by atoms with Crippen molar-refractivity contribution >= 4 is 0 Å². The van der Waals surface area contributed by atoms with Gasteiger partial charge >= 0.3 is 0 Å². The van der Waals surface area contributed by atoms with Crippen molar-refractivity contribution in [3.63, 3.8) is 0 Å². The minimum absolute atomic E-state index is 0.260. The highest BCUT2D eigenvalue weighted by Gasteiger charge is 2.29. The van der Waals surface area contributed by atoms with E-state index in [-0.39, 0.29) is 5.54 Å². The van der Waals surface area contributed by atoms with Crippen LogP contribution in [-0.2, 0) is 0 Å². The number of rotatable bonds is 5. The van der Waals surface area contributed by atoms with Crippen LogP contribution in [-0.4, -0.2) is 36.1 Å². The molecule has 2 heteroatoms. The molecule has 1 fully saturated rings. The van der Waals surface area contributed by atoms with Gasteiger partial charge < -0.3 is 5.32 Å². The minimum Gasteiger partial charge on any atom is -0.312 e. The molecule has 0 bridgehead atoms. The molecule has 0 aliphatic carbocycles. The second-order valence-corrected chi connectivity index (χ2v) is 7.00. The largest absolute Gasteiger partial charge is 0.312 e. The smallest absolute Gasteiger partial charge is 0.0116 e. The standard InChI is InChI=1S/C15H32N2/c1-7-14(12(2)3)17-9-8-13(11-17)10-16-15(4,5)6/h12-14,16H,7-11H2,1-6H3. The predicted molar refractivity (Wildman–Crippen MR) is 76.4 cm³/mol. The Morgan fingerprint density at radius 2 is 1.94 bits per heavy atom. The van der Waals surface area contributed by atoms with Gasteiger partial charge in [0, 0.05) is 18.1 Å². The maximum Gasteiger partial charge on any atom is 0.0116 e. The summed E-state index contributed by atoms with van der Waals surface area (Å²) in [6.45, 7) is 17.6. The van der Waals surface area contributed by atoms with Crippen molar-refractivity contribution in [2.24, 2.45) is 11.8 Å². The van der Waals surface area contributed by atoms with Crippen LogP contribution in [0.5, 0.6) is 0 Å². The first-order chi connectivity index (χ1) is 7.83. The fourth-order valence-electron chi connectivity index (χ4n) is 2.93. The zero-order valence-electron chi connectivity index (χ0n) is 12.7. The highest BCUT2D eigenvalue weighted by molar-refractivity contribution is 4.84. The topological polar surface area (TPSA) is 15.3 Å². The molecule has 2 unspecified atom stereocenters. The third-order valence-electron chi connectivity index (χ3n) is 3.90. The molecule has 1 saturated heterocycles. The Morgan fingerprint density at radius 1 is 1.29 bits per heavy atom. The fraction of sp³-hybridized carbons (Fsp3) is 1.00. The SMILES string of the molecule is CCC(C(C)C)N1CCC(CNC(C)(C)C)C1. The van der Waals surface area contributed by atoms with Gasteiger partial charge in [0.2, 0.25) is 0 Å². The highest BCUT2D eigenvalue weighted by Crippen LogP contribution is 2.23. The van der Waals surface area contributed by atoms with Crippen LogP contribution in [0.1, 0.15) is 54.4 Å². The maximum absolute atomic E-state index is 3.64. The summed E-state index contributed by atoms with van der Waals surface area (Å²) in [5.41, 5.74) is 0.260. The van der Waals surface area contributed by atoms with Gasteiger partial charge in [-0.25, -0.2) is 0 Å². The number of hydrogen-bond acceptors (Lipinski definition) is 2. The molecule has 1 rings (SSSR count). The number of hydrogen-bond donors (Lipinski definition) is 1. The van der Waals surface area contributed by atoms with Crippen molar-refractivity contribution in [1.29, 1.82) is 0 Å². The molecule has 0 amide bonds. The molecule has 0 radical (unpaired) electrons. The molecule has 0 spiro atoms. The van der Waals surface area contributed by atoms with Gasteiger partial charge in [-0.1, -0.05) is 20.8 Å². The molecular weight excluding hydrogens is 208 g/mol. The van der Waals surface area contributed by atoms with Crippen molar-refractivity contribution in [3.05, 3.63) is 0 Å². The van der Waals surface area contributed by atoms with E-state index in [1.165, 1.54) is 32.5 Å². The third-order valence-corrected chi connectivity index (χ3v) is 3.90. The summed E-state index contributed by atoms with van der Waals surface area (Å²) in [5, 5.41) is 3.64. The Kier molecular flexibility index (Phi) is 5.46. The first-order valence-corrected chi connectivity index (χ1v) is 7.32. The number of nitrogens with zero attached hydrogens (tertiary/aromatic N) is 1. The van der Waals surface area contributed by atoms with Crippen LogP contribution < -0.4 is 5.32 Å². The quantitative estimate of drug-likeness (QED) is 0.794. The lowest BCUT2D eigenvalue weighted by molar-refractivity contribution is 0.178. The summed E-state index contributed by atoms with van der Waals surface area (Å²) in [7, 11) is 0. The van der Waals surface area contributed by atoms with E-state index in [0.29, 0.717) is 0 Å². The zero-order chi connectivity index (χ0) is 13.1. The summed E-state index contributed by atoms with van der Waals surface area (Å²) in [6, 6.07) is 0.787. The first kappa shape index (κ1) is 15.0. The number of likely N-dealkylation sites (tertiary alicyclic amines) is 1. The fourth-order valence-corrected chi connectivity index (χ4v) is 2.93. The van der Waals surface area contributed by atoms with Gasteiger partial charge in [0.15, 0.2) is 0 Å². The molecule has 1 heterocycles. The van der Waals surface area contributed by atoms with Gasteiger partial charge in [0.1, 0.15) is 0 Å². The Bertz CT molecular complexity index is 217. The van der Waals surface area contributed by atoms with Gasteiger partial charge in [0.05, 0.1) is 0 Å². The van der Waals surface area contributed by atoms with Crippen molar-refractivity contribution < 1.29 is 0 Å². The van der Waals surface area contributed by atoms with E-state index >= 15 is 0 Å².